The van der Waals surface area contributed by atoms with Gasteiger partial charge in [0.25, 0.3) is 5.56 Å². The molecule has 0 spiro atoms. The number of hydrogen-bond donors (Lipinski definition) is 1. The first-order valence-corrected chi connectivity index (χ1v) is 9.28. The molecule has 1 aliphatic heterocycles. The fourth-order valence-electron chi connectivity index (χ4n) is 3.27. The fourth-order valence-corrected chi connectivity index (χ4v) is 3.94. The Bertz CT molecular complexity index is 970. The van der Waals surface area contributed by atoms with Gasteiger partial charge in [-0.2, -0.15) is 0 Å². The predicted octanol–water partition coefficient (Wildman–Crippen LogP) is 2.41. The zero-order chi connectivity index (χ0) is 17.6. The molecule has 3 aromatic rings. The lowest BCUT2D eigenvalue weighted by atomic mass is 10.1. The van der Waals surface area contributed by atoms with Crippen molar-refractivity contribution in [3.05, 3.63) is 56.3 Å². The highest BCUT2D eigenvalue weighted by atomic mass is 32.1. The zero-order valence-corrected chi connectivity index (χ0v) is 15.5. The van der Waals surface area contributed by atoms with Crippen LogP contribution < -0.4 is 5.56 Å². The van der Waals surface area contributed by atoms with Gasteiger partial charge in [-0.05, 0) is 25.3 Å². The second kappa shape index (κ2) is 6.24. The van der Waals surface area contributed by atoms with Crippen molar-refractivity contribution in [1.82, 2.24) is 24.4 Å². The van der Waals surface area contributed by atoms with Gasteiger partial charge in [0.2, 0.25) is 0 Å². The molecule has 0 atom stereocenters. The van der Waals surface area contributed by atoms with Gasteiger partial charge in [0.05, 0.1) is 28.4 Å². The minimum Gasteiger partial charge on any atom is -0.334 e. The van der Waals surface area contributed by atoms with Crippen LogP contribution in [0.2, 0.25) is 0 Å². The first-order valence-electron chi connectivity index (χ1n) is 8.40. The Morgan fingerprint density at radius 2 is 2.16 bits per heavy atom. The van der Waals surface area contributed by atoms with Crippen LogP contribution in [0.25, 0.3) is 10.7 Å². The molecule has 0 fully saturated rings. The molecule has 0 aliphatic carbocycles. The summed E-state index contributed by atoms with van der Waals surface area (Å²) in [6, 6.07) is 3.95. The summed E-state index contributed by atoms with van der Waals surface area (Å²) in [6.45, 7) is 6.37. The van der Waals surface area contributed by atoms with Gasteiger partial charge in [-0.3, -0.25) is 9.69 Å². The van der Waals surface area contributed by atoms with Gasteiger partial charge in [0.1, 0.15) is 5.82 Å². The Hall–Kier alpha value is -2.25. The van der Waals surface area contributed by atoms with Crippen LogP contribution in [-0.4, -0.2) is 31.0 Å². The predicted molar refractivity (Wildman–Crippen MR) is 98.7 cm³/mol. The Balaban J connectivity index is 1.59. The number of nitrogens with one attached hydrogen (secondary N) is 1. The second-order valence-electron chi connectivity index (χ2n) is 6.54. The molecule has 0 amide bonds. The number of imidazole rings is 1. The fraction of sp³-hybridized carbons (Fsp3) is 0.389. The second-order valence-corrected chi connectivity index (χ2v) is 7.48. The summed E-state index contributed by atoms with van der Waals surface area (Å²) < 4.78 is 2.13. The average molecular weight is 355 g/mol. The maximum Gasteiger partial charge on any atom is 0.255 e. The zero-order valence-electron chi connectivity index (χ0n) is 14.7. The number of nitrogens with zero attached hydrogens (tertiary/aromatic N) is 4. The Morgan fingerprint density at radius 3 is 2.84 bits per heavy atom. The quantitative estimate of drug-likeness (QED) is 0.783. The van der Waals surface area contributed by atoms with E-state index in [0.29, 0.717) is 12.4 Å². The van der Waals surface area contributed by atoms with Gasteiger partial charge >= 0.3 is 0 Å². The van der Waals surface area contributed by atoms with Crippen LogP contribution in [-0.2, 0) is 26.6 Å². The van der Waals surface area contributed by atoms with Crippen molar-refractivity contribution in [3.8, 4) is 10.7 Å². The van der Waals surface area contributed by atoms with E-state index in [0.717, 1.165) is 47.2 Å². The van der Waals surface area contributed by atoms with Crippen LogP contribution in [0.3, 0.4) is 0 Å². The first-order chi connectivity index (χ1) is 12.0. The maximum absolute atomic E-state index is 12.6. The van der Waals surface area contributed by atoms with E-state index in [1.807, 2.05) is 31.5 Å². The topological polar surface area (TPSA) is 66.8 Å². The van der Waals surface area contributed by atoms with E-state index in [9.17, 15) is 4.79 Å². The minimum absolute atomic E-state index is 0.0229. The van der Waals surface area contributed by atoms with Crippen molar-refractivity contribution in [2.24, 2.45) is 7.05 Å². The van der Waals surface area contributed by atoms with Crippen molar-refractivity contribution in [2.45, 2.75) is 33.4 Å². The molecule has 0 bridgehead atoms. The normalized spacial score (nSPS) is 14.7. The van der Waals surface area contributed by atoms with Crippen LogP contribution in [0.15, 0.2) is 22.3 Å². The summed E-state index contributed by atoms with van der Waals surface area (Å²) in [5.41, 5.74) is 3.94. The molecule has 0 aromatic carbocycles. The molecule has 1 aliphatic rings. The lowest BCUT2D eigenvalue weighted by molar-refractivity contribution is 0.233. The van der Waals surface area contributed by atoms with Gasteiger partial charge in [-0.25, -0.2) is 9.97 Å². The van der Waals surface area contributed by atoms with E-state index in [2.05, 4.69) is 26.4 Å². The molecule has 6 nitrogen and oxygen atoms in total. The van der Waals surface area contributed by atoms with Crippen LogP contribution in [0, 0.1) is 13.8 Å². The van der Waals surface area contributed by atoms with E-state index >= 15 is 0 Å². The molecule has 0 unspecified atom stereocenters. The molecule has 3 aromatic heterocycles. The summed E-state index contributed by atoms with van der Waals surface area (Å²) in [4.78, 5) is 28.1. The third kappa shape index (κ3) is 2.94. The smallest absolute Gasteiger partial charge is 0.255 e. The maximum atomic E-state index is 12.6. The standard InChI is InChI=1S/C18H21N5OS/c1-11-12(2)22(3)16(19-11)10-23-7-6-14-13(9-23)18(24)21-17(20-14)15-5-4-8-25-15/h4-5,8H,6-7,9-10H2,1-3H3,(H,20,21,24). The number of H-pyrrole nitrogens is 1. The number of aryl methyl sites for hydroxylation is 1. The molecule has 4 rings (SSSR count). The number of hydrogen-bond acceptors (Lipinski definition) is 5. The third-order valence-electron chi connectivity index (χ3n) is 4.98. The molecule has 25 heavy (non-hydrogen) atoms. The Morgan fingerprint density at radius 1 is 1.32 bits per heavy atom. The number of rotatable bonds is 3. The van der Waals surface area contributed by atoms with Gasteiger partial charge in [-0.15, -0.1) is 11.3 Å². The van der Waals surface area contributed by atoms with E-state index < -0.39 is 0 Å². The van der Waals surface area contributed by atoms with Crippen molar-refractivity contribution < 1.29 is 0 Å². The van der Waals surface area contributed by atoms with Crippen molar-refractivity contribution >= 4 is 11.3 Å². The summed E-state index contributed by atoms with van der Waals surface area (Å²) in [7, 11) is 2.05. The van der Waals surface area contributed by atoms with E-state index in [1.54, 1.807) is 11.3 Å². The molecule has 130 valence electrons. The van der Waals surface area contributed by atoms with Gasteiger partial charge < -0.3 is 9.55 Å². The highest BCUT2D eigenvalue weighted by Crippen LogP contribution is 2.23. The number of aromatic amines is 1. The average Bonchev–Trinajstić information content (AvgIpc) is 3.21. The summed E-state index contributed by atoms with van der Waals surface area (Å²) in [6.07, 6.45) is 0.792. The number of aromatic nitrogens is 4. The molecule has 7 heteroatoms. The molecule has 1 N–H and O–H groups in total. The highest BCUT2D eigenvalue weighted by molar-refractivity contribution is 7.13. The van der Waals surface area contributed by atoms with Crippen LogP contribution >= 0.6 is 11.3 Å². The first kappa shape index (κ1) is 16.2. The van der Waals surface area contributed by atoms with Gasteiger partial charge in [0, 0.05) is 32.3 Å². The Labute approximate surface area is 150 Å². The molecule has 0 saturated heterocycles. The third-order valence-corrected chi connectivity index (χ3v) is 5.85. The molecule has 4 heterocycles. The van der Waals surface area contributed by atoms with E-state index in [4.69, 9.17) is 4.98 Å². The van der Waals surface area contributed by atoms with Crippen LogP contribution in [0.4, 0.5) is 0 Å². The molecule has 0 saturated carbocycles. The SMILES string of the molecule is Cc1nc(CN2CCc3nc(-c4cccs4)[nH]c(=O)c3C2)n(C)c1C. The van der Waals surface area contributed by atoms with Crippen LogP contribution in [0.1, 0.15) is 28.5 Å². The van der Waals surface area contributed by atoms with E-state index in [-0.39, 0.29) is 5.56 Å². The highest BCUT2D eigenvalue weighted by Gasteiger charge is 2.23. The van der Waals surface area contributed by atoms with E-state index in [1.165, 1.54) is 5.69 Å². The monoisotopic (exact) mass is 355 g/mol. The van der Waals surface area contributed by atoms with Gasteiger partial charge in [0.15, 0.2) is 5.82 Å². The number of thiophene rings is 1. The lowest BCUT2D eigenvalue weighted by Gasteiger charge is -2.27. The number of fused-ring (bicyclic) bond motifs is 1. The van der Waals surface area contributed by atoms with Crippen molar-refractivity contribution in [3.63, 3.8) is 0 Å². The van der Waals surface area contributed by atoms with Gasteiger partial charge in [-0.1, -0.05) is 6.07 Å². The summed E-state index contributed by atoms with van der Waals surface area (Å²) in [5, 5.41) is 1.99. The molecule has 0 radical (unpaired) electrons. The minimum atomic E-state index is -0.0229. The summed E-state index contributed by atoms with van der Waals surface area (Å²) in [5.74, 6) is 1.72. The summed E-state index contributed by atoms with van der Waals surface area (Å²) >= 11 is 1.59. The molecular weight excluding hydrogens is 334 g/mol. The molecular formula is C18H21N5OS. The lowest BCUT2D eigenvalue weighted by Crippen LogP contribution is -2.36. The Kier molecular flexibility index (Phi) is 4.05. The van der Waals surface area contributed by atoms with Crippen molar-refractivity contribution in [2.75, 3.05) is 6.54 Å². The van der Waals surface area contributed by atoms with Crippen molar-refractivity contribution in [1.29, 1.82) is 0 Å². The largest absolute Gasteiger partial charge is 0.334 e. The van der Waals surface area contributed by atoms with Crippen LogP contribution in [0.5, 0.6) is 0 Å².